The second-order valence-corrected chi connectivity index (χ2v) is 9.75. The molecule has 1 N–H and O–H groups in total. The summed E-state index contributed by atoms with van der Waals surface area (Å²) in [5, 5.41) is 25.8. The quantitative estimate of drug-likeness (QED) is 0.280. The molecule has 1 fully saturated rings. The van der Waals surface area contributed by atoms with Crippen LogP contribution in [0.5, 0.6) is 11.5 Å². The first-order valence-electron chi connectivity index (χ1n) is 12.4. The predicted octanol–water partition coefficient (Wildman–Crippen LogP) is 3.77. The van der Waals surface area contributed by atoms with Crippen molar-refractivity contribution in [2.75, 3.05) is 51.1 Å². The van der Waals surface area contributed by atoms with Gasteiger partial charge in [-0.1, -0.05) is 12.1 Å². The lowest BCUT2D eigenvalue weighted by atomic mass is 10.1. The Balaban J connectivity index is 1.39. The summed E-state index contributed by atoms with van der Waals surface area (Å²) in [5.74, 6) is 1.39. The van der Waals surface area contributed by atoms with Crippen LogP contribution in [0.4, 0.5) is 23.0 Å². The molecule has 0 saturated carbocycles. The van der Waals surface area contributed by atoms with Crippen LogP contribution in [-0.4, -0.2) is 71.3 Å². The zero-order valence-electron chi connectivity index (χ0n) is 21.7. The lowest BCUT2D eigenvalue weighted by Gasteiger charge is -2.44. The van der Waals surface area contributed by atoms with E-state index < -0.39 is 4.92 Å². The highest BCUT2D eigenvalue weighted by Crippen LogP contribution is 2.42. The Morgan fingerprint density at radius 1 is 1.31 bits per heavy atom. The first kappa shape index (κ1) is 24.4. The first-order chi connectivity index (χ1) is 18.9. The van der Waals surface area contributed by atoms with Crippen molar-refractivity contribution in [2.24, 2.45) is 0 Å². The maximum atomic E-state index is 12.0. The van der Waals surface area contributed by atoms with E-state index in [-0.39, 0.29) is 11.6 Å². The number of nitrogens with one attached hydrogen (secondary N) is 1. The monoisotopic (exact) mass is 526 g/mol. The van der Waals surface area contributed by atoms with Gasteiger partial charge in [-0.25, -0.2) is 9.97 Å². The van der Waals surface area contributed by atoms with E-state index in [0.29, 0.717) is 60.7 Å². The summed E-state index contributed by atoms with van der Waals surface area (Å²) in [6.07, 6.45) is 3.42. The number of methoxy groups -OCH3 is 1. The van der Waals surface area contributed by atoms with Crippen LogP contribution >= 0.6 is 0 Å². The standard InChI is InChI=1S/C27H26N8O4/c1-32(2)17-13-34(14-17)21-10-24(38-3)20(9-22(21)35(36)37)30-27-29-12-16(11-28)25(31-27)19-15-33-7-8-39-23-6-4-5-18(19)26(23)33/h4-6,9-10,12,15,17H,7-8,13-14H2,1-3H3,(H,29,30,31). The molecule has 198 valence electrons. The molecule has 0 amide bonds. The van der Waals surface area contributed by atoms with Crippen LogP contribution in [0, 0.1) is 21.4 Å². The molecule has 2 aliphatic rings. The van der Waals surface area contributed by atoms with Gasteiger partial charge < -0.3 is 29.2 Å². The summed E-state index contributed by atoms with van der Waals surface area (Å²) < 4.78 is 13.5. The van der Waals surface area contributed by atoms with Crippen molar-refractivity contribution in [1.82, 2.24) is 19.4 Å². The Bertz CT molecular complexity index is 1650. The number of ether oxygens (including phenoxy) is 2. The third-order valence-corrected chi connectivity index (χ3v) is 7.29. The van der Waals surface area contributed by atoms with Crippen molar-refractivity contribution in [3.8, 4) is 28.8 Å². The molecule has 2 aromatic heterocycles. The lowest BCUT2D eigenvalue weighted by Crippen LogP contribution is -2.57. The van der Waals surface area contributed by atoms with Crippen molar-refractivity contribution in [3.63, 3.8) is 0 Å². The molecule has 1 saturated heterocycles. The van der Waals surface area contributed by atoms with Gasteiger partial charge in [0, 0.05) is 48.4 Å². The molecule has 0 bridgehead atoms. The van der Waals surface area contributed by atoms with E-state index in [2.05, 4.69) is 30.8 Å². The molecule has 39 heavy (non-hydrogen) atoms. The largest absolute Gasteiger partial charge is 0.494 e. The fourth-order valence-corrected chi connectivity index (χ4v) is 5.11. The van der Waals surface area contributed by atoms with Gasteiger partial charge >= 0.3 is 0 Å². The van der Waals surface area contributed by atoms with E-state index in [1.54, 1.807) is 6.07 Å². The van der Waals surface area contributed by atoms with Gasteiger partial charge in [-0.05, 0) is 20.2 Å². The van der Waals surface area contributed by atoms with E-state index in [9.17, 15) is 15.4 Å². The Hall–Kier alpha value is -4.89. The molecule has 0 radical (unpaired) electrons. The highest BCUT2D eigenvalue weighted by Gasteiger charge is 2.34. The molecule has 6 rings (SSSR count). The minimum atomic E-state index is -0.399. The third kappa shape index (κ3) is 4.13. The number of likely N-dealkylation sites (N-methyl/N-ethyl adjacent to an activating group) is 1. The summed E-state index contributed by atoms with van der Waals surface area (Å²) in [4.78, 5) is 24.7. The van der Waals surface area contributed by atoms with E-state index in [1.165, 1.54) is 19.4 Å². The maximum absolute atomic E-state index is 12.0. The fourth-order valence-electron chi connectivity index (χ4n) is 5.11. The van der Waals surface area contributed by atoms with Gasteiger partial charge in [0.15, 0.2) is 0 Å². The SMILES string of the molecule is COc1cc(N2CC(N(C)C)C2)c([N+](=O)[O-])cc1Nc1ncc(C#N)c(-c2cn3c4c(cccc24)OCC3)n1. The molecular weight excluding hydrogens is 500 g/mol. The average Bonchev–Trinajstić information content (AvgIpc) is 3.28. The van der Waals surface area contributed by atoms with E-state index in [4.69, 9.17) is 9.47 Å². The van der Waals surface area contributed by atoms with Crippen LogP contribution in [0.3, 0.4) is 0 Å². The van der Waals surface area contributed by atoms with Gasteiger partial charge in [0.25, 0.3) is 5.69 Å². The van der Waals surface area contributed by atoms with Crippen LogP contribution in [0.1, 0.15) is 5.56 Å². The minimum Gasteiger partial charge on any atom is -0.494 e. The zero-order valence-corrected chi connectivity index (χ0v) is 21.7. The van der Waals surface area contributed by atoms with Crippen LogP contribution in [-0.2, 0) is 6.54 Å². The second-order valence-electron chi connectivity index (χ2n) is 9.75. The molecule has 0 spiro atoms. The molecule has 0 unspecified atom stereocenters. The molecular formula is C27H26N8O4. The fraction of sp³-hybridized carbons (Fsp3) is 0.296. The van der Waals surface area contributed by atoms with Crippen molar-refractivity contribution in [2.45, 2.75) is 12.6 Å². The Morgan fingerprint density at radius 3 is 2.85 bits per heavy atom. The summed E-state index contributed by atoms with van der Waals surface area (Å²) in [6.45, 7) is 2.62. The van der Waals surface area contributed by atoms with E-state index in [1.807, 2.05) is 43.4 Å². The highest BCUT2D eigenvalue weighted by atomic mass is 16.6. The number of nitro benzene ring substituents is 1. The van der Waals surface area contributed by atoms with Gasteiger partial charge in [0.05, 0.1) is 47.2 Å². The van der Waals surface area contributed by atoms with Crippen molar-refractivity contribution >= 4 is 33.9 Å². The zero-order chi connectivity index (χ0) is 27.3. The molecule has 4 aromatic rings. The Morgan fingerprint density at radius 2 is 2.13 bits per heavy atom. The molecule has 2 aromatic carbocycles. The summed E-state index contributed by atoms with van der Waals surface area (Å²) in [6, 6.07) is 11.4. The number of nitrogens with zero attached hydrogens (tertiary/aromatic N) is 7. The Kier molecular flexibility index (Phi) is 5.92. The van der Waals surface area contributed by atoms with Crippen molar-refractivity contribution < 1.29 is 14.4 Å². The lowest BCUT2D eigenvalue weighted by molar-refractivity contribution is -0.384. The van der Waals surface area contributed by atoms with Crippen LogP contribution < -0.4 is 19.7 Å². The van der Waals surface area contributed by atoms with E-state index >= 15 is 0 Å². The molecule has 12 nitrogen and oxygen atoms in total. The van der Waals surface area contributed by atoms with Gasteiger partial charge in [-0.2, -0.15) is 5.26 Å². The van der Waals surface area contributed by atoms with Crippen LogP contribution in [0.25, 0.3) is 22.2 Å². The number of nitriles is 1. The number of hydrogen-bond acceptors (Lipinski definition) is 10. The van der Waals surface area contributed by atoms with Crippen molar-refractivity contribution in [3.05, 3.63) is 58.4 Å². The molecule has 0 aliphatic carbocycles. The number of benzene rings is 2. The summed E-state index contributed by atoms with van der Waals surface area (Å²) in [5.41, 5.74) is 3.30. The van der Waals surface area contributed by atoms with Crippen molar-refractivity contribution in [1.29, 1.82) is 5.26 Å². The maximum Gasteiger partial charge on any atom is 0.294 e. The van der Waals surface area contributed by atoms with Gasteiger partial charge in [0.2, 0.25) is 5.95 Å². The molecule has 2 aliphatic heterocycles. The number of para-hydroxylation sites is 1. The molecule has 0 atom stereocenters. The topological polar surface area (TPSA) is 135 Å². The number of hydrogen-bond donors (Lipinski definition) is 1. The third-order valence-electron chi connectivity index (χ3n) is 7.29. The number of rotatable bonds is 7. The molecule has 12 heteroatoms. The summed E-state index contributed by atoms with van der Waals surface area (Å²) in [7, 11) is 5.50. The Labute approximate surface area is 224 Å². The van der Waals surface area contributed by atoms with Gasteiger partial charge in [-0.3, -0.25) is 10.1 Å². The molecule has 4 heterocycles. The smallest absolute Gasteiger partial charge is 0.294 e. The average molecular weight is 527 g/mol. The second kappa shape index (κ2) is 9.45. The first-order valence-corrected chi connectivity index (χ1v) is 12.4. The van der Waals surface area contributed by atoms with Crippen LogP contribution in [0.15, 0.2) is 42.7 Å². The van der Waals surface area contributed by atoms with Gasteiger partial charge in [-0.15, -0.1) is 0 Å². The normalized spacial score (nSPS) is 14.6. The summed E-state index contributed by atoms with van der Waals surface area (Å²) >= 11 is 0. The minimum absolute atomic E-state index is 0.0432. The van der Waals surface area contributed by atoms with Crippen LogP contribution in [0.2, 0.25) is 0 Å². The van der Waals surface area contributed by atoms with Gasteiger partial charge in [0.1, 0.15) is 29.9 Å². The number of nitro groups is 1. The highest BCUT2D eigenvalue weighted by molar-refractivity contribution is 5.99. The van der Waals surface area contributed by atoms with E-state index in [0.717, 1.165) is 22.2 Å². The predicted molar refractivity (Wildman–Crippen MR) is 146 cm³/mol. The number of anilines is 3. The number of aromatic nitrogens is 3.